The summed E-state index contributed by atoms with van der Waals surface area (Å²) >= 11 is 0. The number of terminal acetylenes is 1. The normalized spacial score (nSPS) is 9.70. The van der Waals surface area contributed by atoms with Crippen LogP contribution in [0.1, 0.15) is 5.56 Å². The van der Waals surface area contributed by atoms with E-state index >= 15 is 0 Å². The summed E-state index contributed by atoms with van der Waals surface area (Å²) in [4.78, 5) is 13.5. The van der Waals surface area contributed by atoms with Crippen molar-refractivity contribution in [3.05, 3.63) is 23.8 Å². The van der Waals surface area contributed by atoms with Gasteiger partial charge in [0, 0.05) is 19.2 Å². The summed E-state index contributed by atoms with van der Waals surface area (Å²) < 4.78 is 10.6. The number of rotatable bonds is 7. The van der Waals surface area contributed by atoms with E-state index in [1.807, 2.05) is 18.2 Å². The SMILES string of the molecule is C#CCNCC(=O)N(C)Cc1cccc(OC)c1OC. The third-order valence-electron chi connectivity index (χ3n) is 2.82. The molecule has 0 aromatic heterocycles. The number of nitrogens with zero attached hydrogens (tertiary/aromatic N) is 1. The highest BCUT2D eigenvalue weighted by Gasteiger charge is 2.14. The lowest BCUT2D eigenvalue weighted by molar-refractivity contribution is -0.129. The molecular formula is C15H20N2O3. The molecule has 1 amide bonds. The van der Waals surface area contributed by atoms with Crippen LogP contribution in [0.3, 0.4) is 0 Å². The van der Waals surface area contributed by atoms with E-state index in [0.717, 1.165) is 5.56 Å². The maximum Gasteiger partial charge on any atom is 0.236 e. The molecule has 0 aliphatic rings. The van der Waals surface area contributed by atoms with Gasteiger partial charge in [-0.05, 0) is 6.07 Å². The van der Waals surface area contributed by atoms with E-state index < -0.39 is 0 Å². The smallest absolute Gasteiger partial charge is 0.236 e. The Kier molecular flexibility index (Phi) is 6.41. The second kappa shape index (κ2) is 8.08. The van der Waals surface area contributed by atoms with Gasteiger partial charge in [-0.1, -0.05) is 18.1 Å². The molecule has 1 N–H and O–H groups in total. The van der Waals surface area contributed by atoms with E-state index in [2.05, 4.69) is 11.2 Å². The third-order valence-corrected chi connectivity index (χ3v) is 2.82. The van der Waals surface area contributed by atoms with Crippen molar-refractivity contribution in [3.8, 4) is 23.8 Å². The first-order valence-electron chi connectivity index (χ1n) is 6.22. The number of carbonyl (C=O) groups excluding carboxylic acids is 1. The molecule has 1 rings (SSSR count). The van der Waals surface area contributed by atoms with Crippen molar-refractivity contribution >= 4 is 5.91 Å². The molecule has 0 atom stereocenters. The molecule has 1 aromatic rings. The molecule has 20 heavy (non-hydrogen) atoms. The van der Waals surface area contributed by atoms with Crippen LogP contribution in [0, 0.1) is 12.3 Å². The third kappa shape index (κ3) is 4.18. The summed E-state index contributed by atoms with van der Waals surface area (Å²) in [6.07, 6.45) is 5.12. The predicted octanol–water partition coefficient (Wildman–Crippen LogP) is 0.885. The Morgan fingerprint density at radius 2 is 2.15 bits per heavy atom. The van der Waals surface area contributed by atoms with E-state index in [0.29, 0.717) is 24.6 Å². The van der Waals surface area contributed by atoms with Crippen LogP contribution in [0.25, 0.3) is 0 Å². The Morgan fingerprint density at radius 1 is 1.40 bits per heavy atom. The average Bonchev–Trinajstić information content (AvgIpc) is 2.46. The number of likely N-dealkylation sites (N-methyl/N-ethyl adjacent to an activating group) is 1. The van der Waals surface area contributed by atoms with Crippen molar-refractivity contribution in [2.45, 2.75) is 6.54 Å². The molecule has 0 aliphatic carbocycles. The van der Waals surface area contributed by atoms with Crippen molar-refractivity contribution in [1.29, 1.82) is 0 Å². The lowest BCUT2D eigenvalue weighted by Gasteiger charge is -2.20. The van der Waals surface area contributed by atoms with Gasteiger partial charge in [0.05, 0.1) is 27.3 Å². The molecule has 1 aromatic carbocycles. The first kappa shape index (κ1) is 15.9. The fraction of sp³-hybridized carbons (Fsp3) is 0.400. The van der Waals surface area contributed by atoms with E-state index in [4.69, 9.17) is 15.9 Å². The van der Waals surface area contributed by atoms with Crippen LogP contribution in [0.2, 0.25) is 0 Å². The van der Waals surface area contributed by atoms with Crippen LogP contribution in [-0.4, -0.2) is 45.2 Å². The van der Waals surface area contributed by atoms with Crippen LogP contribution in [-0.2, 0) is 11.3 Å². The molecule has 5 nitrogen and oxygen atoms in total. The van der Waals surface area contributed by atoms with Crippen LogP contribution in [0.5, 0.6) is 11.5 Å². The minimum atomic E-state index is -0.0369. The van der Waals surface area contributed by atoms with Gasteiger partial charge in [0.1, 0.15) is 0 Å². The van der Waals surface area contributed by atoms with E-state index in [1.54, 1.807) is 26.2 Å². The average molecular weight is 276 g/mol. The topological polar surface area (TPSA) is 50.8 Å². The van der Waals surface area contributed by atoms with Gasteiger partial charge in [0.2, 0.25) is 5.91 Å². The van der Waals surface area contributed by atoms with E-state index in [9.17, 15) is 4.79 Å². The number of methoxy groups -OCH3 is 2. The molecule has 0 unspecified atom stereocenters. The van der Waals surface area contributed by atoms with E-state index in [1.165, 1.54) is 0 Å². The van der Waals surface area contributed by atoms with Crippen LogP contribution in [0.15, 0.2) is 18.2 Å². The van der Waals surface area contributed by atoms with Crippen LogP contribution < -0.4 is 14.8 Å². The predicted molar refractivity (Wildman–Crippen MR) is 77.7 cm³/mol. The quantitative estimate of drug-likeness (QED) is 0.593. The summed E-state index contributed by atoms with van der Waals surface area (Å²) in [6, 6.07) is 5.59. The minimum Gasteiger partial charge on any atom is -0.493 e. The van der Waals surface area contributed by atoms with Crippen molar-refractivity contribution in [3.63, 3.8) is 0 Å². The Labute approximate surface area is 119 Å². The molecular weight excluding hydrogens is 256 g/mol. The highest BCUT2D eigenvalue weighted by atomic mass is 16.5. The Bertz CT molecular complexity index is 494. The zero-order valence-electron chi connectivity index (χ0n) is 12.1. The van der Waals surface area contributed by atoms with Gasteiger partial charge >= 0.3 is 0 Å². The van der Waals surface area contributed by atoms with Crippen molar-refractivity contribution in [2.24, 2.45) is 0 Å². The molecule has 0 bridgehead atoms. The molecule has 0 aliphatic heterocycles. The summed E-state index contributed by atoms with van der Waals surface area (Å²) in [5, 5.41) is 2.87. The molecule has 0 radical (unpaired) electrons. The highest BCUT2D eigenvalue weighted by molar-refractivity contribution is 5.78. The van der Waals surface area contributed by atoms with Gasteiger partial charge in [0.25, 0.3) is 0 Å². The summed E-state index contributed by atoms with van der Waals surface area (Å²) in [5.74, 6) is 3.68. The van der Waals surface area contributed by atoms with Gasteiger partial charge in [-0.2, -0.15) is 0 Å². The van der Waals surface area contributed by atoms with Gasteiger partial charge in [-0.3, -0.25) is 10.1 Å². The van der Waals surface area contributed by atoms with Gasteiger partial charge in [0.15, 0.2) is 11.5 Å². The number of benzene rings is 1. The Hall–Kier alpha value is -2.19. The molecule has 0 spiro atoms. The first-order chi connectivity index (χ1) is 9.63. The number of para-hydroxylation sites is 1. The Morgan fingerprint density at radius 3 is 2.75 bits per heavy atom. The van der Waals surface area contributed by atoms with E-state index in [-0.39, 0.29) is 12.5 Å². The van der Waals surface area contributed by atoms with Gasteiger partial charge < -0.3 is 14.4 Å². The lowest BCUT2D eigenvalue weighted by Crippen LogP contribution is -2.35. The molecule has 0 saturated carbocycles. The summed E-state index contributed by atoms with van der Waals surface area (Å²) in [5.41, 5.74) is 0.889. The fourth-order valence-corrected chi connectivity index (χ4v) is 1.80. The van der Waals surface area contributed by atoms with Gasteiger partial charge in [-0.25, -0.2) is 0 Å². The number of ether oxygens (including phenoxy) is 2. The number of hydrogen-bond donors (Lipinski definition) is 1. The number of carbonyl (C=O) groups is 1. The second-order valence-electron chi connectivity index (χ2n) is 4.21. The molecule has 0 fully saturated rings. The molecule has 0 saturated heterocycles. The van der Waals surface area contributed by atoms with Crippen molar-refractivity contribution < 1.29 is 14.3 Å². The Balaban J connectivity index is 2.73. The number of nitrogens with one attached hydrogen (secondary N) is 1. The zero-order valence-corrected chi connectivity index (χ0v) is 12.1. The second-order valence-corrected chi connectivity index (χ2v) is 4.21. The molecule has 0 heterocycles. The van der Waals surface area contributed by atoms with Crippen molar-refractivity contribution in [2.75, 3.05) is 34.4 Å². The summed E-state index contributed by atoms with van der Waals surface area (Å²) in [7, 11) is 4.90. The van der Waals surface area contributed by atoms with Crippen molar-refractivity contribution in [1.82, 2.24) is 10.2 Å². The highest BCUT2D eigenvalue weighted by Crippen LogP contribution is 2.31. The van der Waals surface area contributed by atoms with Crippen LogP contribution >= 0.6 is 0 Å². The summed E-state index contributed by atoms with van der Waals surface area (Å²) in [6.45, 7) is 1.03. The van der Waals surface area contributed by atoms with Gasteiger partial charge in [-0.15, -0.1) is 6.42 Å². The molecule has 5 heteroatoms. The first-order valence-corrected chi connectivity index (χ1v) is 6.22. The fourth-order valence-electron chi connectivity index (χ4n) is 1.80. The lowest BCUT2D eigenvalue weighted by atomic mass is 10.1. The maximum atomic E-state index is 11.9. The minimum absolute atomic E-state index is 0.0369. The number of amides is 1. The maximum absolute atomic E-state index is 11.9. The van der Waals surface area contributed by atoms with Crippen LogP contribution in [0.4, 0.5) is 0 Å². The monoisotopic (exact) mass is 276 g/mol. The zero-order chi connectivity index (χ0) is 15.0. The largest absolute Gasteiger partial charge is 0.493 e. The number of hydrogen-bond acceptors (Lipinski definition) is 4. The molecule has 108 valence electrons. The standard InChI is InChI=1S/C15H20N2O3/c1-5-9-16-10-14(18)17(2)11-12-7-6-8-13(19-3)15(12)20-4/h1,6-8,16H,9-11H2,2-4H3.